The van der Waals surface area contributed by atoms with E-state index in [2.05, 4.69) is 10.2 Å². The van der Waals surface area contributed by atoms with Gasteiger partial charge in [-0.3, -0.25) is 0 Å². The molecular formula is C9H9ClN2OS. The molecular weight excluding hydrogens is 220 g/mol. The molecule has 0 saturated heterocycles. The lowest BCUT2D eigenvalue weighted by molar-refractivity contribution is 0.535. The van der Waals surface area contributed by atoms with Gasteiger partial charge < -0.3 is 4.42 Å². The van der Waals surface area contributed by atoms with Gasteiger partial charge in [0.2, 0.25) is 0 Å². The molecule has 2 aromatic heterocycles. The van der Waals surface area contributed by atoms with Crippen molar-refractivity contribution in [3.63, 3.8) is 0 Å². The number of nitrogens with zero attached hydrogens (tertiary/aromatic N) is 2. The Morgan fingerprint density at radius 3 is 3.00 bits per heavy atom. The number of furan rings is 1. The van der Waals surface area contributed by atoms with Gasteiger partial charge in [0, 0.05) is 12.3 Å². The average molecular weight is 229 g/mol. The molecule has 0 aromatic carbocycles. The molecule has 0 amide bonds. The second-order valence-electron chi connectivity index (χ2n) is 2.89. The van der Waals surface area contributed by atoms with Crippen molar-refractivity contribution in [3.8, 4) is 10.6 Å². The Kier molecular flexibility index (Phi) is 2.84. The van der Waals surface area contributed by atoms with Crippen LogP contribution in [0.3, 0.4) is 0 Å². The Labute approximate surface area is 90.7 Å². The summed E-state index contributed by atoms with van der Waals surface area (Å²) in [4.78, 5) is 0. The second-order valence-corrected chi connectivity index (χ2v) is 4.33. The molecule has 74 valence electrons. The molecule has 0 atom stereocenters. The van der Waals surface area contributed by atoms with E-state index in [0.29, 0.717) is 5.88 Å². The molecule has 0 radical (unpaired) electrons. The molecule has 2 rings (SSSR count). The predicted octanol–water partition coefficient (Wildman–Crippen LogP) is 2.89. The summed E-state index contributed by atoms with van der Waals surface area (Å²) in [5.74, 6) is 1.47. The molecule has 0 aliphatic rings. The monoisotopic (exact) mass is 228 g/mol. The molecule has 0 aliphatic carbocycles. The van der Waals surface area contributed by atoms with Gasteiger partial charge in [-0.1, -0.05) is 11.3 Å². The lowest BCUT2D eigenvalue weighted by atomic mass is 10.3. The maximum atomic E-state index is 5.62. The van der Waals surface area contributed by atoms with Crippen LogP contribution in [-0.2, 0) is 6.42 Å². The van der Waals surface area contributed by atoms with E-state index < -0.39 is 0 Å². The van der Waals surface area contributed by atoms with E-state index in [-0.39, 0.29) is 0 Å². The summed E-state index contributed by atoms with van der Waals surface area (Å²) in [6, 6.07) is 1.95. The summed E-state index contributed by atoms with van der Waals surface area (Å²) in [5.41, 5.74) is 0.987. The van der Waals surface area contributed by atoms with Gasteiger partial charge in [-0.25, -0.2) is 0 Å². The Morgan fingerprint density at radius 1 is 1.50 bits per heavy atom. The minimum absolute atomic E-state index is 0.582. The van der Waals surface area contributed by atoms with Crippen LogP contribution >= 0.6 is 22.9 Å². The topological polar surface area (TPSA) is 38.9 Å². The standard InChI is InChI=1S/C9H9ClN2OS/c1-6-4-7(5-13-6)9-12-11-8(14-9)2-3-10/h4-5H,2-3H2,1H3. The number of hydrogen-bond acceptors (Lipinski definition) is 4. The van der Waals surface area contributed by atoms with Crippen LogP contribution in [0.5, 0.6) is 0 Å². The molecule has 0 N–H and O–H groups in total. The van der Waals surface area contributed by atoms with E-state index in [1.54, 1.807) is 17.6 Å². The fourth-order valence-corrected chi connectivity index (χ4v) is 2.21. The molecule has 2 aromatic rings. The lowest BCUT2D eigenvalue weighted by Crippen LogP contribution is -1.82. The maximum Gasteiger partial charge on any atom is 0.151 e. The number of aryl methyl sites for hydroxylation is 2. The smallest absolute Gasteiger partial charge is 0.151 e. The fourth-order valence-electron chi connectivity index (χ4n) is 1.11. The minimum atomic E-state index is 0.582. The van der Waals surface area contributed by atoms with Gasteiger partial charge in [0.1, 0.15) is 17.0 Å². The van der Waals surface area contributed by atoms with Gasteiger partial charge in [0.05, 0.1) is 5.56 Å². The zero-order valence-corrected chi connectivity index (χ0v) is 9.23. The molecule has 0 spiro atoms. The van der Waals surface area contributed by atoms with E-state index in [1.165, 1.54) is 0 Å². The first kappa shape index (κ1) is 9.68. The maximum absolute atomic E-state index is 5.62. The van der Waals surface area contributed by atoms with Crippen LogP contribution < -0.4 is 0 Å². The summed E-state index contributed by atoms with van der Waals surface area (Å²) in [6.45, 7) is 1.91. The van der Waals surface area contributed by atoms with Crippen LogP contribution in [0.15, 0.2) is 16.7 Å². The summed E-state index contributed by atoms with van der Waals surface area (Å²) in [5, 5.41) is 9.96. The van der Waals surface area contributed by atoms with Crippen molar-refractivity contribution < 1.29 is 4.42 Å². The van der Waals surface area contributed by atoms with Gasteiger partial charge in [0.15, 0.2) is 5.01 Å². The van der Waals surface area contributed by atoms with E-state index in [0.717, 1.165) is 27.8 Å². The van der Waals surface area contributed by atoms with Gasteiger partial charge in [0.25, 0.3) is 0 Å². The van der Waals surface area contributed by atoms with Gasteiger partial charge in [-0.2, -0.15) is 0 Å². The first-order valence-electron chi connectivity index (χ1n) is 4.23. The highest BCUT2D eigenvalue weighted by Gasteiger charge is 2.08. The molecule has 0 aliphatic heterocycles. The Balaban J connectivity index is 2.24. The third kappa shape index (κ3) is 1.96. The quantitative estimate of drug-likeness (QED) is 0.759. The van der Waals surface area contributed by atoms with Crippen LogP contribution in [0, 0.1) is 6.92 Å². The second kappa shape index (κ2) is 4.11. The third-order valence-electron chi connectivity index (χ3n) is 1.75. The zero-order chi connectivity index (χ0) is 9.97. The summed E-state index contributed by atoms with van der Waals surface area (Å²) in [6.07, 6.45) is 2.47. The normalized spacial score (nSPS) is 10.7. The molecule has 2 heterocycles. The van der Waals surface area contributed by atoms with Crippen molar-refractivity contribution in [2.45, 2.75) is 13.3 Å². The number of hydrogen-bond donors (Lipinski definition) is 0. The molecule has 0 fully saturated rings. The average Bonchev–Trinajstić information content (AvgIpc) is 2.74. The highest BCUT2D eigenvalue weighted by molar-refractivity contribution is 7.14. The van der Waals surface area contributed by atoms with E-state index >= 15 is 0 Å². The van der Waals surface area contributed by atoms with E-state index in [1.807, 2.05) is 13.0 Å². The lowest BCUT2D eigenvalue weighted by Gasteiger charge is -1.84. The highest BCUT2D eigenvalue weighted by Crippen LogP contribution is 2.25. The van der Waals surface area contributed by atoms with Gasteiger partial charge in [-0.05, 0) is 13.0 Å². The largest absolute Gasteiger partial charge is 0.469 e. The summed E-state index contributed by atoms with van der Waals surface area (Å²) >= 11 is 7.17. The van der Waals surface area contributed by atoms with Crippen LogP contribution in [-0.4, -0.2) is 16.1 Å². The number of alkyl halides is 1. The summed E-state index contributed by atoms with van der Waals surface area (Å²) in [7, 11) is 0. The van der Waals surface area contributed by atoms with Crippen molar-refractivity contribution >= 4 is 22.9 Å². The van der Waals surface area contributed by atoms with Gasteiger partial charge in [-0.15, -0.1) is 21.8 Å². The molecule has 0 saturated carbocycles. The van der Waals surface area contributed by atoms with E-state index in [4.69, 9.17) is 16.0 Å². The molecule has 0 unspecified atom stereocenters. The van der Waals surface area contributed by atoms with Crippen LogP contribution in [0.2, 0.25) is 0 Å². The Morgan fingerprint density at radius 2 is 2.36 bits per heavy atom. The summed E-state index contributed by atoms with van der Waals surface area (Å²) < 4.78 is 5.20. The molecule has 0 bridgehead atoms. The minimum Gasteiger partial charge on any atom is -0.469 e. The fraction of sp³-hybridized carbons (Fsp3) is 0.333. The Bertz CT molecular complexity index is 424. The number of rotatable bonds is 3. The zero-order valence-electron chi connectivity index (χ0n) is 7.66. The first-order valence-corrected chi connectivity index (χ1v) is 5.58. The van der Waals surface area contributed by atoms with Crippen molar-refractivity contribution in [2.75, 3.05) is 5.88 Å². The molecule has 3 nitrogen and oxygen atoms in total. The Hall–Kier alpha value is -0.870. The first-order chi connectivity index (χ1) is 6.79. The van der Waals surface area contributed by atoms with Crippen LogP contribution in [0.1, 0.15) is 10.8 Å². The van der Waals surface area contributed by atoms with Crippen LogP contribution in [0.25, 0.3) is 10.6 Å². The number of halogens is 1. The van der Waals surface area contributed by atoms with Crippen molar-refractivity contribution in [1.82, 2.24) is 10.2 Å². The highest BCUT2D eigenvalue weighted by atomic mass is 35.5. The van der Waals surface area contributed by atoms with Crippen molar-refractivity contribution in [1.29, 1.82) is 0 Å². The van der Waals surface area contributed by atoms with Crippen molar-refractivity contribution in [2.24, 2.45) is 0 Å². The van der Waals surface area contributed by atoms with Crippen molar-refractivity contribution in [3.05, 3.63) is 23.1 Å². The van der Waals surface area contributed by atoms with E-state index in [9.17, 15) is 0 Å². The SMILES string of the molecule is Cc1cc(-c2nnc(CCCl)s2)co1. The predicted molar refractivity (Wildman–Crippen MR) is 56.8 cm³/mol. The number of aromatic nitrogens is 2. The molecule has 5 heteroatoms. The molecule has 14 heavy (non-hydrogen) atoms. The van der Waals surface area contributed by atoms with Gasteiger partial charge >= 0.3 is 0 Å². The van der Waals surface area contributed by atoms with Crippen LogP contribution in [0.4, 0.5) is 0 Å². The third-order valence-corrected chi connectivity index (χ3v) is 2.97.